The number of benzene rings is 1. The van der Waals surface area contributed by atoms with Crippen LogP contribution in [0.1, 0.15) is 15.9 Å². The van der Waals surface area contributed by atoms with E-state index in [0.29, 0.717) is 11.4 Å². The summed E-state index contributed by atoms with van der Waals surface area (Å²) in [6.07, 6.45) is 1.61. The molecule has 0 saturated heterocycles. The molecule has 120 valence electrons. The van der Waals surface area contributed by atoms with E-state index in [4.69, 9.17) is 4.74 Å². The molecule has 1 amide bonds. The van der Waals surface area contributed by atoms with Crippen LogP contribution in [-0.4, -0.2) is 37.5 Å². The van der Waals surface area contributed by atoms with Crippen molar-refractivity contribution in [2.45, 2.75) is 6.61 Å². The molecule has 0 spiro atoms. The van der Waals surface area contributed by atoms with Crippen LogP contribution in [0.2, 0.25) is 0 Å². The summed E-state index contributed by atoms with van der Waals surface area (Å²) in [6.45, 7) is -0.00118. The van der Waals surface area contributed by atoms with Gasteiger partial charge in [0, 0.05) is 20.3 Å². The number of amides is 1. The minimum Gasteiger partial charge on any atom is -0.460 e. The maximum atomic E-state index is 12.2. The molecule has 0 radical (unpaired) electrons. The zero-order chi connectivity index (χ0) is 16.7. The Labute approximate surface area is 135 Å². The Kier molecular flexibility index (Phi) is 5.68. The second kappa shape index (κ2) is 7.93. The fraction of sp³-hybridized carbons (Fsp3) is 0.235. The maximum Gasteiger partial charge on any atom is 0.325 e. The van der Waals surface area contributed by atoms with E-state index < -0.39 is 5.97 Å². The Bertz CT molecular complexity index is 672. The lowest BCUT2D eigenvalue weighted by Crippen LogP contribution is -2.31. The predicted octanol–water partition coefficient (Wildman–Crippen LogP) is 1.62. The summed E-state index contributed by atoms with van der Waals surface area (Å²) >= 11 is 0. The van der Waals surface area contributed by atoms with Crippen molar-refractivity contribution in [2.75, 3.05) is 25.5 Å². The molecule has 0 unspecified atom stereocenters. The molecular formula is C17H19N3O3. The Balaban J connectivity index is 1.86. The summed E-state index contributed by atoms with van der Waals surface area (Å²) in [5.74, 6) is -0.307. The zero-order valence-corrected chi connectivity index (χ0v) is 13.2. The van der Waals surface area contributed by atoms with Crippen molar-refractivity contribution >= 4 is 17.7 Å². The molecule has 1 heterocycles. The number of anilines is 1. The summed E-state index contributed by atoms with van der Waals surface area (Å²) in [7, 11) is 3.60. The molecule has 6 nitrogen and oxygen atoms in total. The summed E-state index contributed by atoms with van der Waals surface area (Å²) in [4.78, 5) is 29.8. The highest BCUT2D eigenvalue weighted by molar-refractivity contribution is 6.00. The Morgan fingerprint density at radius 1 is 1.13 bits per heavy atom. The largest absolute Gasteiger partial charge is 0.460 e. The number of esters is 1. The molecule has 23 heavy (non-hydrogen) atoms. The van der Waals surface area contributed by atoms with Crippen LogP contribution in [0.5, 0.6) is 0 Å². The second-order valence-electron chi connectivity index (χ2n) is 5.10. The van der Waals surface area contributed by atoms with E-state index in [9.17, 15) is 9.59 Å². The number of pyridine rings is 1. The standard InChI is InChI=1S/C17H19N3O3/c1-20(2)16-14(9-6-10-18-16)17(22)19-11-15(21)23-12-13-7-4-3-5-8-13/h3-10H,11-12H2,1-2H3,(H,19,22). The van der Waals surface area contributed by atoms with Crippen LogP contribution in [0.4, 0.5) is 5.82 Å². The van der Waals surface area contributed by atoms with Gasteiger partial charge < -0.3 is 15.0 Å². The predicted molar refractivity (Wildman–Crippen MR) is 87.1 cm³/mol. The number of carbonyl (C=O) groups excluding carboxylic acids is 2. The molecule has 0 saturated carbocycles. The normalized spacial score (nSPS) is 10.0. The Hall–Kier alpha value is -2.89. The van der Waals surface area contributed by atoms with Crippen molar-refractivity contribution < 1.29 is 14.3 Å². The van der Waals surface area contributed by atoms with Crippen LogP contribution in [0, 0.1) is 0 Å². The van der Waals surface area contributed by atoms with Crippen molar-refractivity contribution in [2.24, 2.45) is 0 Å². The van der Waals surface area contributed by atoms with Gasteiger partial charge in [-0.15, -0.1) is 0 Å². The molecule has 1 aromatic heterocycles. The van der Waals surface area contributed by atoms with Crippen molar-refractivity contribution in [1.82, 2.24) is 10.3 Å². The number of aromatic nitrogens is 1. The van der Waals surface area contributed by atoms with Gasteiger partial charge in [0.25, 0.3) is 5.91 Å². The Morgan fingerprint density at radius 2 is 1.87 bits per heavy atom. The van der Waals surface area contributed by atoms with Crippen molar-refractivity contribution in [3.05, 3.63) is 59.8 Å². The van der Waals surface area contributed by atoms with Crippen LogP contribution < -0.4 is 10.2 Å². The van der Waals surface area contributed by atoms with Crippen molar-refractivity contribution in [1.29, 1.82) is 0 Å². The molecule has 0 atom stereocenters. The van der Waals surface area contributed by atoms with Gasteiger partial charge in [-0.3, -0.25) is 9.59 Å². The molecule has 0 aliphatic carbocycles. The summed E-state index contributed by atoms with van der Waals surface area (Å²) in [5.41, 5.74) is 1.31. The zero-order valence-electron chi connectivity index (χ0n) is 13.2. The van der Waals surface area contributed by atoms with Gasteiger partial charge in [-0.2, -0.15) is 0 Å². The number of hydrogen-bond donors (Lipinski definition) is 1. The minimum atomic E-state index is -0.488. The van der Waals surface area contributed by atoms with E-state index >= 15 is 0 Å². The smallest absolute Gasteiger partial charge is 0.325 e. The van der Waals surface area contributed by atoms with Crippen LogP contribution in [0.15, 0.2) is 48.7 Å². The topological polar surface area (TPSA) is 71.5 Å². The van der Waals surface area contributed by atoms with Gasteiger partial charge in [0.15, 0.2) is 0 Å². The van der Waals surface area contributed by atoms with Crippen LogP contribution in [0.25, 0.3) is 0 Å². The van der Waals surface area contributed by atoms with E-state index in [2.05, 4.69) is 10.3 Å². The number of ether oxygens (including phenoxy) is 1. The molecule has 0 aliphatic rings. The maximum absolute atomic E-state index is 12.2. The third-order valence-electron chi connectivity index (χ3n) is 3.09. The summed E-state index contributed by atoms with van der Waals surface area (Å²) in [6, 6.07) is 12.7. The average Bonchev–Trinajstić information content (AvgIpc) is 2.58. The molecule has 0 fully saturated rings. The number of nitrogens with one attached hydrogen (secondary N) is 1. The second-order valence-corrected chi connectivity index (χ2v) is 5.10. The van der Waals surface area contributed by atoms with Crippen LogP contribution in [-0.2, 0) is 16.1 Å². The molecule has 6 heteroatoms. The fourth-order valence-electron chi connectivity index (χ4n) is 1.97. The Morgan fingerprint density at radius 3 is 2.57 bits per heavy atom. The SMILES string of the molecule is CN(C)c1ncccc1C(=O)NCC(=O)OCc1ccccc1. The average molecular weight is 313 g/mol. The van der Waals surface area contributed by atoms with Crippen LogP contribution >= 0.6 is 0 Å². The van der Waals surface area contributed by atoms with Gasteiger partial charge in [0.05, 0.1) is 5.56 Å². The molecule has 1 aromatic carbocycles. The highest BCUT2D eigenvalue weighted by Crippen LogP contribution is 2.13. The summed E-state index contributed by atoms with van der Waals surface area (Å²) < 4.78 is 5.11. The third-order valence-corrected chi connectivity index (χ3v) is 3.09. The van der Waals surface area contributed by atoms with E-state index in [1.807, 2.05) is 30.3 Å². The highest BCUT2D eigenvalue weighted by atomic mass is 16.5. The van der Waals surface area contributed by atoms with Gasteiger partial charge in [-0.05, 0) is 17.7 Å². The van der Waals surface area contributed by atoms with E-state index in [1.54, 1.807) is 37.3 Å². The minimum absolute atomic E-state index is 0.186. The monoisotopic (exact) mass is 313 g/mol. The van der Waals surface area contributed by atoms with Crippen molar-refractivity contribution in [3.63, 3.8) is 0 Å². The van der Waals surface area contributed by atoms with Gasteiger partial charge >= 0.3 is 5.97 Å². The molecule has 0 bridgehead atoms. The molecule has 1 N–H and O–H groups in total. The third kappa shape index (κ3) is 4.81. The first-order valence-electron chi connectivity index (χ1n) is 7.18. The number of hydrogen-bond acceptors (Lipinski definition) is 5. The summed E-state index contributed by atoms with van der Waals surface area (Å²) in [5, 5.41) is 2.55. The number of carbonyl (C=O) groups is 2. The van der Waals surface area contributed by atoms with Gasteiger partial charge in [0.2, 0.25) is 0 Å². The quantitative estimate of drug-likeness (QED) is 0.821. The first kappa shape index (κ1) is 16.5. The van der Waals surface area contributed by atoms with Crippen LogP contribution in [0.3, 0.4) is 0 Å². The van der Waals surface area contributed by atoms with Crippen molar-refractivity contribution in [3.8, 4) is 0 Å². The van der Waals surface area contributed by atoms with Gasteiger partial charge in [-0.1, -0.05) is 30.3 Å². The van der Waals surface area contributed by atoms with Gasteiger partial charge in [-0.25, -0.2) is 4.98 Å². The first-order valence-corrected chi connectivity index (χ1v) is 7.18. The lowest BCUT2D eigenvalue weighted by Gasteiger charge is -2.15. The number of nitrogens with zero attached hydrogens (tertiary/aromatic N) is 2. The number of rotatable bonds is 6. The van der Waals surface area contributed by atoms with Gasteiger partial charge in [0.1, 0.15) is 19.0 Å². The molecule has 0 aliphatic heterocycles. The lowest BCUT2D eigenvalue weighted by molar-refractivity contribution is -0.143. The molecular weight excluding hydrogens is 294 g/mol. The molecule has 2 rings (SSSR count). The lowest BCUT2D eigenvalue weighted by atomic mass is 10.2. The highest BCUT2D eigenvalue weighted by Gasteiger charge is 2.14. The van der Waals surface area contributed by atoms with E-state index in [1.165, 1.54) is 0 Å². The first-order chi connectivity index (χ1) is 11.1. The molecule has 2 aromatic rings. The van der Waals surface area contributed by atoms with E-state index in [-0.39, 0.29) is 19.1 Å². The van der Waals surface area contributed by atoms with E-state index in [0.717, 1.165) is 5.56 Å². The fourth-order valence-corrected chi connectivity index (χ4v) is 1.97.